The minimum atomic E-state index is 0.145. The second kappa shape index (κ2) is 7.47. The third-order valence-corrected chi connectivity index (χ3v) is 9.33. The molecular weight excluding hydrogens is 420 g/mol. The maximum absolute atomic E-state index is 2.65. The third-order valence-electron chi connectivity index (χ3n) is 9.33. The lowest BCUT2D eigenvalue weighted by Gasteiger charge is -2.38. The van der Waals surface area contributed by atoms with Crippen molar-refractivity contribution in [3.63, 3.8) is 0 Å². The molecule has 0 aliphatic heterocycles. The van der Waals surface area contributed by atoms with Gasteiger partial charge in [0.15, 0.2) is 0 Å². The molecule has 0 amide bonds. The smallest absolute Gasteiger partial charge is 0.0165 e. The zero-order valence-electron chi connectivity index (χ0n) is 24.1. The summed E-state index contributed by atoms with van der Waals surface area (Å²) < 4.78 is 0. The molecule has 0 N–H and O–H groups in total. The van der Waals surface area contributed by atoms with Gasteiger partial charge in [0.2, 0.25) is 0 Å². The Labute approximate surface area is 214 Å². The van der Waals surface area contributed by atoms with E-state index in [0.29, 0.717) is 17.8 Å². The number of hydrogen-bond acceptors (Lipinski definition) is 0. The monoisotopic (exact) mass is 466 g/mol. The molecule has 3 unspecified atom stereocenters. The lowest BCUT2D eigenvalue weighted by molar-refractivity contribution is 0.240. The highest BCUT2D eigenvalue weighted by atomic mass is 14.6. The van der Waals surface area contributed by atoms with E-state index in [0.717, 1.165) is 0 Å². The zero-order valence-corrected chi connectivity index (χ0v) is 24.1. The van der Waals surface area contributed by atoms with E-state index in [2.05, 4.69) is 125 Å². The summed E-state index contributed by atoms with van der Waals surface area (Å²) >= 11 is 0. The topological polar surface area (TPSA) is 0 Å². The Hall–Kier alpha value is -2.08. The van der Waals surface area contributed by atoms with Crippen LogP contribution >= 0.6 is 0 Å². The van der Waals surface area contributed by atoms with Crippen molar-refractivity contribution >= 4 is 0 Å². The molecule has 186 valence electrons. The molecule has 0 saturated heterocycles. The molecule has 1 fully saturated rings. The number of benzene rings is 2. The van der Waals surface area contributed by atoms with E-state index in [1.165, 1.54) is 34.2 Å². The summed E-state index contributed by atoms with van der Waals surface area (Å²) in [5.74, 6) is 1.57. The van der Waals surface area contributed by atoms with Crippen LogP contribution in [0.15, 0.2) is 59.7 Å². The van der Waals surface area contributed by atoms with Crippen LogP contribution in [-0.4, -0.2) is 0 Å². The standard InChI is InChI=1S/C35H46/c1-21-20-35(11,30-19-24(18-27(21)30)34(8,9)10)31-28-16-22(32(2,3)4)12-14-25(28)26-15-13-23(17-29(26)31)33(5,6)7/h12-19,21,30-31H,20H2,1-11H3. The van der Waals surface area contributed by atoms with Gasteiger partial charge in [0.1, 0.15) is 0 Å². The molecule has 1 saturated carbocycles. The molecule has 0 heterocycles. The van der Waals surface area contributed by atoms with Gasteiger partial charge in [0.05, 0.1) is 0 Å². The van der Waals surface area contributed by atoms with E-state index >= 15 is 0 Å². The Bertz CT molecular complexity index is 1180. The number of rotatable bonds is 1. The van der Waals surface area contributed by atoms with Crippen molar-refractivity contribution in [1.82, 2.24) is 0 Å². The van der Waals surface area contributed by atoms with Crippen LogP contribution in [0.4, 0.5) is 0 Å². The summed E-state index contributed by atoms with van der Waals surface area (Å²) in [6.07, 6.45) is 6.46. The number of hydrogen-bond donors (Lipinski definition) is 0. The summed E-state index contributed by atoms with van der Waals surface area (Å²) in [6, 6.07) is 14.7. The molecule has 3 atom stereocenters. The van der Waals surface area contributed by atoms with Crippen molar-refractivity contribution in [2.45, 2.75) is 99.3 Å². The highest BCUT2D eigenvalue weighted by Crippen LogP contribution is 2.65. The molecule has 0 spiro atoms. The van der Waals surface area contributed by atoms with Gasteiger partial charge in [-0.25, -0.2) is 0 Å². The summed E-state index contributed by atoms with van der Waals surface area (Å²) in [7, 11) is 0. The largest absolute Gasteiger partial charge is 0.0730 e. The molecule has 2 aromatic carbocycles. The summed E-state index contributed by atoms with van der Waals surface area (Å²) in [5, 5.41) is 0. The van der Waals surface area contributed by atoms with E-state index in [1.54, 1.807) is 16.7 Å². The highest BCUT2D eigenvalue weighted by molar-refractivity contribution is 5.80. The molecule has 3 aliphatic carbocycles. The quantitative estimate of drug-likeness (QED) is 0.392. The second-order valence-electron chi connectivity index (χ2n) is 15.1. The number of fused-ring (bicyclic) bond motifs is 4. The lowest BCUT2D eigenvalue weighted by Crippen LogP contribution is -2.29. The highest BCUT2D eigenvalue weighted by Gasteiger charge is 2.54. The fourth-order valence-corrected chi connectivity index (χ4v) is 7.19. The van der Waals surface area contributed by atoms with Crippen LogP contribution in [0, 0.1) is 22.7 Å². The molecular formula is C35H46. The maximum Gasteiger partial charge on any atom is 0.0165 e. The van der Waals surface area contributed by atoms with Crippen LogP contribution in [0.5, 0.6) is 0 Å². The van der Waals surface area contributed by atoms with E-state index in [4.69, 9.17) is 0 Å². The minimum Gasteiger partial charge on any atom is -0.0730 e. The van der Waals surface area contributed by atoms with Crippen molar-refractivity contribution in [3.05, 3.63) is 82.0 Å². The fourth-order valence-electron chi connectivity index (χ4n) is 7.19. The number of allylic oxidation sites excluding steroid dienone is 4. The summed E-state index contributed by atoms with van der Waals surface area (Å²) in [4.78, 5) is 0. The molecule has 2 aromatic rings. The van der Waals surface area contributed by atoms with E-state index in [9.17, 15) is 0 Å². The predicted octanol–water partition coefficient (Wildman–Crippen LogP) is 9.97. The van der Waals surface area contributed by atoms with Crippen molar-refractivity contribution in [2.75, 3.05) is 0 Å². The predicted molar refractivity (Wildman–Crippen MR) is 152 cm³/mol. The Balaban J connectivity index is 1.74. The first-order valence-corrected chi connectivity index (χ1v) is 13.7. The average Bonchev–Trinajstić information content (AvgIpc) is 3.37. The first-order valence-electron chi connectivity index (χ1n) is 13.7. The van der Waals surface area contributed by atoms with Crippen molar-refractivity contribution in [3.8, 4) is 11.1 Å². The molecule has 0 radical (unpaired) electrons. The van der Waals surface area contributed by atoms with Gasteiger partial charge in [-0.15, -0.1) is 0 Å². The normalized spacial score (nSPS) is 26.4. The molecule has 0 nitrogen and oxygen atoms in total. The van der Waals surface area contributed by atoms with Gasteiger partial charge >= 0.3 is 0 Å². The lowest BCUT2D eigenvalue weighted by atomic mass is 9.65. The van der Waals surface area contributed by atoms with Gasteiger partial charge in [0, 0.05) is 11.8 Å². The first-order chi connectivity index (χ1) is 16.0. The van der Waals surface area contributed by atoms with Gasteiger partial charge in [-0.1, -0.05) is 130 Å². The molecule has 0 bridgehead atoms. The summed E-state index contributed by atoms with van der Waals surface area (Å²) in [6.45, 7) is 26.2. The SMILES string of the molecule is CC1CC(C)(C2c3cc(C(C)(C)C)ccc3-c3ccc(C(C)(C)C)cc32)C2C=C(C(C)(C)C)C=C12. The zero-order chi connectivity index (χ0) is 25.7. The van der Waals surface area contributed by atoms with Crippen molar-refractivity contribution < 1.29 is 0 Å². The Morgan fingerprint density at radius 1 is 0.714 bits per heavy atom. The van der Waals surface area contributed by atoms with Crippen LogP contribution in [0.25, 0.3) is 11.1 Å². The molecule has 0 aromatic heterocycles. The maximum atomic E-state index is 2.65. The Morgan fingerprint density at radius 2 is 1.20 bits per heavy atom. The fraction of sp³-hybridized carbons (Fsp3) is 0.543. The van der Waals surface area contributed by atoms with Gasteiger partial charge in [-0.3, -0.25) is 0 Å². The Morgan fingerprint density at radius 3 is 1.63 bits per heavy atom. The van der Waals surface area contributed by atoms with E-state index in [-0.39, 0.29) is 21.7 Å². The van der Waals surface area contributed by atoms with E-state index in [1.807, 2.05) is 0 Å². The molecule has 35 heavy (non-hydrogen) atoms. The van der Waals surface area contributed by atoms with Gasteiger partial charge in [-0.05, 0) is 73.0 Å². The van der Waals surface area contributed by atoms with Crippen LogP contribution < -0.4 is 0 Å². The molecule has 3 aliphatic rings. The molecule has 5 rings (SSSR count). The van der Waals surface area contributed by atoms with Crippen LogP contribution in [0.2, 0.25) is 0 Å². The third kappa shape index (κ3) is 3.78. The van der Waals surface area contributed by atoms with Crippen molar-refractivity contribution in [1.29, 1.82) is 0 Å². The van der Waals surface area contributed by atoms with Gasteiger partial charge in [0.25, 0.3) is 0 Å². The minimum absolute atomic E-state index is 0.145. The van der Waals surface area contributed by atoms with Gasteiger partial charge in [-0.2, -0.15) is 0 Å². The van der Waals surface area contributed by atoms with Crippen LogP contribution in [0.1, 0.15) is 111 Å². The van der Waals surface area contributed by atoms with Crippen molar-refractivity contribution in [2.24, 2.45) is 22.7 Å². The van der Waals surface area contributed by atoms with Crippen LogP contribution in [0.3, 0.4) is 0 Å². The average molecular weight is 467 g/mol. The van der Waals surface area contributed by atoms with Crippen LogP contribution in [-0.2, 0) is 10.8 Å². The Kier molecular flexibility index (Phi) is 5.25. The second-order valence-corrected chi connectivity index (χ2v) is 15.1. The van der Waals surface area contributed by atoms with Gasteiger partial charge < -0.3 is 0 Å². The van der Waals surface area contributed by atoms with E-state index < -0.39 is 0 Å². The summed E-state index contributed by atoms with van der Waals surface area (Å²) in [5.41, 5.74) is 12.8. The first kappa shape index (κ1) is 24.6. The molecule has 0 heteroatoms.